The van der Waals surface area contributed by atoms with Crippen molar-refractivity contribution in [3.63, 3.8) is 0 Å². The second kappa shape index (κ2) is 10.00. The molecule has 3 amide bonds. The van der Waals surface area contributed by atoms with Gasteiger partial charge in [0.25, 0.3) is 0 Å². The van der Waals surface area contributed by atoms with Crippen LogP contribution in [-0.4, -0.2) is 46.1 Å². The monoisotopic (exact) mass is 433 g/mol. The van der Waals surface area contributed by atoms with E-state index in [-0.39, 0.29) is 12.1 Å². The van der Waals surface area contributed by atoms with Crippen LogP contribution in [0.25, 0.3) is 11.2 Å². The van der Waals surface area contributed by atoms with Crippen LogP contribution in [0.3, 0.4) is 0 Å². The zero-order chi connectivity index (χ0) is 22.3. The molecule has 0 aliphatic carbocycles. The summed E-state index contributed by atoms with van der Waals surface area (Å²) in [4.78, 5) is 30.3. The molecule has 0 bridgehead atoms. The second-order valence-corrected chi connectivity index (χ2v) is 7.66. The molecule has 1 aliphatic heterocycles. The predicted molar refractivity (Wildman–Crippen MR) is 125 cm³/mol. The van der Waals surface area contributed by atoms with Gasteiger partial charge in [-0.15, -0.1) is 0 Å². The normalized spacial score (nSPS) is 13.5. The number of rotatable bonds is 6. The third kappa shape index (κ3) is 5.26. The summed E-state index contributed by atoms with van der Waals surface area (Å²) in [7, 11) is 0. The van der Waals surface area contributed by atoms with Crippen LogP contribution in [0.5, 0.6) is 0 Å². The average Bonchev–Trinajstić information content (AvgIpc) is 3.28. The zero-order valence-corrected chi connectivity index (χ0v) is 18.1. The Hall–Kier alpha value is -3.81. The molecule has 2 N–H and O–H groups in total. The molecule has 0 saturated heterocycles. The summed E-state index contributed by atoms with van der Waals surface area (Å²) in [5.74, 6) is 0. The van der Waals surface area contributed by atoms with Crippen LogP contribution in [0, 0.1) is 0 Å². The van der Waals surface area contributed by atoms with Gasteiger partial charge < -0.3 is 24.7 Å². The summed E-state index contributed by atoms with van der Waals surface area (Å²) in [6, 6.07) is 11.0. The van der Waals surface area contributed by atoms with E-state index in [0.717, 1.165) is 30.5 Å². The maximum Gasteiger partial charge on any atom is 0.410 e. The number of ether oxygens (including phenoxy) is 1. The first kappa shape index (κ1) is 21.4. The number of anilines is 2. The van der Waals surface area contributed by atoms with Gasteiger partial charge in [-0.3, -0.25) is 0 Å². The Labute approximate surface area is 186 Å². The molecule has 2 aromatic heterocycles. The number of benzene rings is 1. The lowest BCUT2D eigenvalue weighted by Crippen LogP contribution is -2.35. The number of pyridine rings is 1. The van der Waals surface area contributed by atoms with Crippen LogP contribution in [-0.2, 0) is 4.74 Å². The molecule has 32 heavy (non-hydrogen) atoms. The van der Waals surface area contributed by atoms with E-state index in [1.54, 1.807) is 11.1 Å². The number of carbonyl (C=O) groups is 2. The van der Waals surface area contributed by atoms with Gasteiger partial charge in [0.15, 0.2) is 0 Å². The van der Waals surface area contributed by atoms with Crippen molar-refractivity contribution in [1.82, 2.24) is 14.3 Å². The molecule has 0 atom stereocenters. The third-order valence-electron chi connectivity index (χ3n) is 5.35. The van der Waals surface area contributed by atoms with E-state index in [9.17, 15) is 9.59 Å². The molecule has 3 heterocycles. The Morgan fingerprint density at radius 1 is 1.09 bits per heavy atom. The van der Waals surface area contributed by atoms with E-state index in [2.05, 4.69) is 28.6 Å². The first-order valence-corrected chi connectivity index (χ1v) is 10.8. The smallest absolute Gasteiger partial charge is 0.410 e. The number of urea groups is 1. The predicted octanol–water partition coefficient (Wildman–Crippen LogP) is 5.00. The van der Waals surface area contributed by atoms with Crippen molar-refractivity contribution in [2.24, 2.45) is 0 Å². The number of imidazole rings is 1. The molecular weight excluding hydrogens is 406 g/mol. The highest BCUT2D eigenvalue weighted by Crippen LogP contribution is 2.24. The number of aromatic nitrogens is 2. The Kier molecular flexibility index (Phi) is 6.69. The van der Waals surface area contributed by atoms with Crippen molar-refractivity contribution in [1.29, 1.82) is 0 Å². The van der Waals surface area contributed by atoms with Crippen LogP contribution >= 0.6 is 0 Å². The number of nitrogens with zero attached hydrogens (tertiary/aromatic N) is 3. The highest BCUT2D eigenvalue weighted by molar-refractivity contribution is 5.99. The number of carbonyl (C=O) groups excluding carboxylic acids is 2. The van der Waals surface area contributed by atoms with Crippen molar-refractivity contribution in [3.05, 3.63) is 66.6 Å². The van der Waals surface area contributed by atoms with Crippen molar-refractivity contribution < 1.29 is 14.3 Å². The van der Waals surface area contributed by atoms with E-state index in [4.69, 9.17) is 4.74 Å². The number of fused-ring (bicyclic) bond motifs is 1. The van der Waals surface area contributed by atoms with Gasteiger partial charge in [0.05, 0.1) is 12.3 Å². The summed E-state index contributed by atoms with van der Waals surface area (Å²) >= 11 is 0. The molecule has 0 unspecified atom stereocenters. The minimum Gasteiger partial charge on any atom is -0.449 e. The van der Waals surface area contributed by atoms with Crippen LogP contribution in [0.1, 0.15) is 31.7 Å². The molecule has 1 aromatic carbocycles. The van der Waals surface area contributed by atoms with E-state index in [1.807, 2.05) is 53.2 Å². The molecular formula is C24H27N5O3. The quantitative estimate of drug-likeness (QED) is 0.535. The van der Waals surface area contributed by atoms with Crippen molar-refractivity contribution in [3.8, 4) is 0 Å². The fourth-order valence-electron chi connectivity index (χ4n) is 3.55. The Morgan fingerprint density at radius 2 is 1.88 bits per heavy atom. The Bertz CT molecular complexity index is 1120. The lowest BCUT2D eigenvalue weighted by molar-refractivity contribution is 0.105. The van der Waals surface area contributed by atoms with Crippen LogP contribution in [0.4, 0.5) is 21.0 Å². The standard InChI is InChI=1S/C24H27N5O3/c1-2-3-16-32-24(31)28-13-10-19(11-14-28)18-4-6-20(7-5-18)26-23(30)27-21-8-9-22-25-12-15-29(22)17-21/h4-10,12,15,17H,2-3,11,13-14,16H2,1H3,(H2,26,27,30). The molecule has 4 rings (SSSR count). The number of amides is 3. The number of hydrogen-bond acceptors (Lipinski definition) is 4. The van der Waals surface area contributed by atoms with Crippen LogP contribution < -0.4 is 10.6 Å². The number of nitrogens with one attached hydrogen (secondary N) is 2. The molecule has 0 spiro atoms. The lowest BCUT2D eigenvalue weighted by atomic mass is 9.99. The summed E-state index contributed by atoms with van der Waals surface area (Å²) in [6.45, 7) is 3.73. The van der Waals surface area contributed by atoms with E-state index < -0.39 is 0 Å². The molecule has 0 fully saturated rings. The van der Waals surface area contributed by atoms with Crippen LogP contribution in [0.2, 0.25) is 0 Å². The third-order valence-corrected chi connectivity index (χ3v) is 5.35. The highest BCUT2D eigenvalue weighted by Gasteiger charge is 2.19. The first-order chi connectivity index (χ1) is 15.6. The fraction of sp³-hybridized carbons (Fsp3) is 0.292. The molecule has 3 aromatic rings. The molecule has 0 saturated carbocycles. The van der Waals surface area contributed by atoms with Crippen molar-refractivity contribution >= 4 is 34.7 Å². The van der Waals surface area contributed by atoms with Crippen molar-refractivity contribution in [2.45, 2.75) is 26.2 Å². The fourth-order valence-corrected chi connectivity index (χ4v) is 3.55. The largest absolute Gasteiger partial charge is 0.449 e. The molecule has 0 radical (unpaired) electrons. The number of unbranched alkanes of at least 4 members (excludes halogenated alkanes) is 1. The van der Waals surface area contributed by atoms with Gasteiger partial charge in [0.2, 0.25) is 0 Å². The van der Waals surface area contributed by atoms with Gasteiger partial charge in [-0.2, -0.15) is 0 Å². The average molecular weight is 434 g/mol. The minimum absolute atomic E-state index is 0.244. The summed E-state index contributed by atoms with van der Waals surface area (Å²) in [5, 5.41) is 5.67. The summed E-state index contributed by atoms with van der Waals surface area (Å²) in [6.07, 6.45) is 9.82. The first-order valence-electron chi connectivity index (χ1n) is 10.8. The van der Waals surface area contributed by atoms with Gasteiger partial charge >= 0.3 is 12.1 Å². The Morgan fingerprint density at radius 3 is 2.62 bits per heavy atom. The second-order valence-electron chi connectivity index (χ2n) is 7.66. The number of hydrogen-bond donors (Lipinski definition) is 2. The van der Waals surface area contributed by atoms with E-state index in [1.165, 1.54) is 5.57 Å². The van der Waals surface area contributed by atoms with E-state index in [0.29, 0.717) is 31.1 Å². The molecule has 8 heteroatoms. The SMILES string of the molecule is CCCCOC(=O)N1CC=C(c2ccc(NC(=O)Nc3ccc4nccn4c3)cc2)CC1. The molecule has 8 nitrogen and oxygen atoms in total. The van der Waals surface area contributed by atoms with Gasteiger partial charge in [0.1, 0.15) is 5.65 Å². The molecule has 1 aliphatic rings. The van der Waals surface area contributed by atoms with E-state index >= 15 is 0 Å². The minimum atomic E-state index is -0.314. The van der Waals surface area contributed by atoms with Gasteiger partial charge in [-0.05, 0) is 48.2 Å². The highest BCUT2D eigenvalue weighted by atomic mass is 16.6. The summed E-state index contributed by atoms with van der Waals surface area (Å²) < 4.78 is 7.12. The maximum atomic E-state index is 12.3. The van der Waals surface area contributed by atoms with Gasteiger partial charge in [-0.25, -0.2) is 14.6 Å². The Balaban J connectivity index is 1.30. The lowest BCUT2D eigenvalue weighted by Gasteiger charge is -2.26. The molecule has 166 valence electrons. The summed E-state index contributed by atoms with van der Waals surface area (Å²) in [5.41, 5.74) is 4.47. The zero-order valence-electron chi connectivity index (χ0n) is 18.1. The van der Waals surface area contributed by atoms with Gasteiger partial charge in [0, 0.05) is 37.4 Å². The van der Waals surface area contributed by atoms with Gasteiger partial charge in [-0.1, -0.05) is 31.6 Å². The van der Waals surface area contributed by atoms with Crippen LogP contribution in [0.15, 0.2) is 61.1 Å². The maximum absolute atomic E-state index is 12.3. The van der Waals surface area contributed by atoms with Crippen molar-refractivity contribution in [2.75, 3.05) is 30.3 Å². The topological polar surface area (TPSA) is 88.0 Å².